The lowest BCUT2D eigenvalue weighted by molar-refractivity contribution is 0.0701. The first-order valence-electron chi connectivity index (χ1n) is 9.14. The van der Waals surface area contributed by atoms with E-state index in [1.54, 1.807) is 42.5 Å². The van der Waals surface area contributed by atoms with Gasteiger partial charge in [-0.2, -0.15) is 5.26 Å². The number of allylic oxidation sites excluding steroid dienone is 1. The Morgan fingerprint density at radius 2 is 2.04 bits per heavy atom. The Labute approximate surface area is 161 Å². The molecule has 3 heterocycles. The van der Waals surface area contributed by atoms with E-state index < -0.39 is 5.97 Å². The molecule has 7 nitrogen and oxygen atoms in total. The summed E-state index contributed by atoms with van der Waals surface area (Å²) in [5.41, 5.74) is 1.27. The van der Waals surface area contributed by atoms with Crippen molar-refractivity contribution in [3.8, 4) is 11.8 Å². The minimum absolute atomic E-state index is 0.142. The Morgan fingerprint density at radius 1 is 1.18 bits per heavy atom. The third-order valence-corrected chi connectivity index (χ3v) is 4.59. The zero-order chi connectivity index (χ0) is 19.3. The second kappa shape index (κ2) is 7.92. The molecule has 0 aliphatic carbocycles. The number of furan rings is 1. The maximum atomic E-state index is 11.9. The number of fused-ring (bicyclic) bond motifs is 1. The molecule has 0 radical (unpaired) electrons. The van der Waals surface area contributed by atoms with E-state index in [-0.39, 0.29) is 5.76 Å². The van der Waals surface area contributed by atoms with Gasteiger partial charge in [-0.25, -0.2) is 4.79 Å². The van der Waals surface area contributed by atoms with Crippen molar-refractivity contribution < 1.29 is 13.9 Å². The monoisotopic (exact) mass is 374 g/mol. The predicted molar refractivity (Wildman–Crippen MR) is 101 cm³/mol. The zero-order valence-corrected chi connectivity index (χ0v) is 15.2. The van der Waals surface area contributed by atoms with Gasteiger partial charge in [-0.3, -0.25) is 0 Å². The van der Waals surface area contributed by atoms with Gasteiger partial charge in [0.1, 0.15) is 17.6 Å². The first-order valence-corrected chi connectivity index (χ1v) is 9.14. The van der Waals surface area contributed by atoms with E-state index in [1.807, 2.05) is 4.57 Å². The quantitative estimate of drug-likeness (QED) is 0.391. The summed E-state index contributed by atoms with van der Waals surface area (Å²) in [6.45, 7) is 0.832. The Balaban J connectivity index is 1.54. The molecule has 0 fully saturated rings. The van der Waals surface area contributed by atoms with Crippen LogP contribution in [0.1, 0.15) is 47.0 Å². The van der Waals surface area contributed by atoms with Crippen LogP contribution in [-0.2, 0) is 13.0 Å². The van der Waals surface area contributed by atoms with Crippen LogP contribution in [0.2, 0.25) is 0 Å². The van der Waals surface area contributed by atoms with Gasteiger partial charge in [0.15, 0.2) is 5.82 Å². The van der Waals surface area contributed by atoms with Crippen molar-refractivity contribution in [3.05, 3.63) is 65.6 Å². The molecule has 1 aliphatic rings. The smallest absolute Gasteiger partial charge is 0.379 e. The third-order valence-electron chi connectivity index (χ3n) is 4.59. The highest BCUT2D eigenvalue weighted by Gasteiger charge is 2.17. The Bertz CT molecular complexity index is 1040. The zero-order valence-electron chi connectivity index (χ0n) is 15.2. The van der Waals surface area contributed by atoms with Gasteiger partial charge in [0.25, 0.3) is 0 Å². The molecule has 0 bridgehead atoms. The molecule has 0 N–H and O–H groups in total. The minimum atomic E-state index is -0.558. The van der Waals surface area contributed by atoms with Gasteiger partial charge in [0.2, 0.25) is 5.76 Å². The molecule has 0 saturated heterocycles. The van der Waals surface area contributed by atoms with Crippen LogP contribution in [0.25, 0.3) is 11.6 Å². The summed E-state index contributed by atoms with van der Waals surface area (Å²) < 4.78 is 12.3. The summed E-state index contributed by atoms with van der Waals surface area (Å²) in [5.74, 6) is 1.52. The molecule has 0 unspecified atom stereocenters. The number of nitrogens with zero attached hydrogens (tertiary/aromatic N) is 4. The van der Waals surface area contributed by atoms with Gasteiger partial charge < -0.3 is 13.7 Å². The number of hydrogen-bond acceptors (Lipinski definition) is 6. The normalized spacial score (nSPS) is 14.0. The molecule has 140 valence electrons. The van der Waals surface area contributed by atoms with Crippen molar-refractivity contribution in [2.45, 2.75) is 32.2 Å². The van der Waals surface area contributed by atoms with E-state index in [4.69, 9.17) is 9.15 Å². The van der Waals surface area contributed by atoms with Crippen molar-refractivity contribution in [2.24, 2.45) is 0 Å². The number of carbonyl (C=O) groups is 1. The van der Waals surface area contributed by atoms with Crippen LogP contribution in [0.15, 0.2) is 47.1 Å². The van der Waals surface area contributed by atoms with Gasteiger partial charge >= 0.3 is 5.97 Å². The summed E-state index contributed by atoms with van der Waals surface area (Å²) in [4.78, 5) is 11.9. The second-order valence-corrected chi connectivity index (χ2v) is 6.51. The molecule has 0 amide bonds. The number of nitriles is 1. The van der Waals surface area contributed by atoms with Crippen LogP contribution in [-0.4, -0.2) is 20.7 Å². The summed E-state index contributed by atoms with van der Waals surface area (Å²) in [6.07, 6.45) is 7.39. The van der Waals surface area contributed by atoms with E-state index in [2.05, 4.69) is 16.3 Å². The fourth-order valence-electron chi connectivity index (χ4n) is 3.18. The molecule has 0 saturated carbocycles. The van der Waals surface area contributed by atoms with Gasteiger partial charge in [-0.1, -0.05) is 18.6 Å². The third kappa shape index (κ3) is 3.71. The Hall–Kier alpha value is -3.66. The molecule has 4 rings (SSSR count). The van der Waals surface area contributed by atoms with Crippen molar-refractivity contribution >= 4 is 17.6 Å². The van der Waals surface area contributed by atoms with Crippen molar-refractivity contribution in [3.63, 3.8) is 0 Å². The van der Waals surface area contributed by atoms with E-state index >= 15 is 0 Å². The number of esters is 1. The van der Waals surface area contributed by atoms with Gasteiger partial charge in [-0.05, 0) is 48.7 Å². The highest BCUT2D eigenvalue weighted by molar-refractivity contribution is 5.89. The Kier molecular flexibility index (Phi) is 5.02. The summed E-state index contributed by atoms with van der Waals surface area (Å²) in [6, 6.07) is 12.3. The highest BCUT2D eigenvalue weighted by Crippen LogP contribution is 2.22. The van der Waals surface area contributed by atoms with Crippen LogP contribution < -0.4 is 4.74 Å². The SMILES string of the molecule is N#CC(=Cc1ccc(OC(=O)c2ccco2)cc1)c1nnc2n1CCCCC2. The molecule has 0 atom stereocenters. The van der Waals surface area contributed by atoms with Crippen LogP contribution in [0, 0.1) is 11.3 Å². The summed E-state index contributed by atoms with van der Waals surface area (Å²) in [7, 11) is 0. The number of carbonyl (C=O) groups excluding carboxylic acids is 1. The molecule has 7 heteroatoms. The van der Waals surface area contributed by atoms with E-state index in [0.29, 0.717) is 17.1 Å². The maximum absolute atomic E-state index is 11.9. The van der Waals surface area contributed by atoms with E-state index in [1.165, 1.54) is 6.26 Å². The number of rotatable bonds is 4. The van der Waals surface area contributed by atoms with Crippen LogP contribution in [0.3, 0.4) is 0 Å². The van der Waals surface area contributed by atoms with Gasteiger partial charge in [0.05, 0.1) is 11.8 Å². The number of aryl methyl sites for hydroxylation is 1. The molecule has 28 heavy (non-hydrogen) atoms. The molecule has 0 spiro atoms. The number of hydrogen-bond donors (Lipinski definition) is 0. The first-order chi connectivity index (χ1) is 13.7. The number of aromatic nitrogens is 3. The van der Waals surface area contributed by atoms with Gasteiger partial charge in [-0.15, -0.1) is 10.2 Å². The number of benzene rings is 1. The number of ether oxygens (including phenoxy) is 1. The molecule has 3 aromatic rings. The van der Waals surface area contributed by atoms with Crippen molar-refractivity contribution in [2.75, 3.05) is 0 Å². The first kappa shape index (κ1) is 17.7. The molecule has 1 aliphatic heterocycles. The molecule has 2 aromatic heterocycles. The maximum Gasteiger partial charge on any atom is 0.379 e. The second-order valence-electron chi connectivity index (χ2n) is 6.51. The summed E-state index contributed by atoms with van der Waals surface area (Å²) in [5, 5.41) is 18.1. The predicted octanol–water partition coefficient (Wildman–Crippen LogP) is 3.88. The fourth-order valence-corrected chi connectivity index (χ4v) is 3.18. The van der Waals surface area contributed by atoms with Crippen LogP contribution >= 0.6 is 0 Å². The Morgan fingerprint density at radius 3 is 2.79 bits per heavy atom. The fraction of sp³-hybridized carbons (Fsp3) is 0.238. The van der Waals surface area contributed by atoms with Crippen molar-refractivity contribution in [1.29, 1.82) is 5.26 Å². The standard InChI is InChI=1S/C21H18N4O3/c22-14-16(20-24-23-19-6-2-1-3-11-25(19)20)13-15-7-9-17(10-8-15)28-21(26)18-5-4-12-27-18/h4-5,7-10,12-13H,1-3,6,11H2. The average Bonchev–Trinajstić information content (AvgIpc) is 3.33. The van der Waals surface area contributed by atoms with Crippen molar-refractivity contribution in [1.82, 2.24) is 14.8 Å². The average molecular weight is 374 g/mol. The molecular weight excluding hydrogens is 356 g/mol. The van der Waals surface area contributed by atoms with Gasteiger partial charge in [0, 0.05) is 13.0 Å². The van der Waals surface area contributed by atoms with E-state index in [0.717, 1.165) is 43.6 Å². The molecular formula is C21H18N4O3. The lowest BCUT2D eigenvalue weighted by Gasteiger charge is -2.06. The topological polar surface area (TPSA) is 93.9 Å². The largest absolute Gasteiger partial charge is 0.457 e. The minimum Gasteiger partial charge on any atom is -0.457 e. The van der Waals surface area contributed by atoms with Crippen LogP contribution in [0.5, 0.6) is 5.75 Å². The van der Waals surface area contributed by atoms with Crippen LogP contribution in [0.4, 0.5) is 0 Å². The lowest BCUT2D eigenvalue weighted by atomic mass is 10.1. The highest BCUT2D eigenvalue weighted by atomic mass is 16.5. The molecule has 1 aromatic carbocycles. The summed E-state index contributed by atoms with van der Waals surface area (Å²) >= 11 is 0. The van der Waals surface area contributed by atoms with E-state index in [9.17, 15) is 10.1 Å². The lowest BCUT2D eigenvalue weighted by Crippen LogP contribution is -2.07.